The number of aromatic carboxylic acids is 1. The summed E-state index contributed by atoms with van der Waals surface area (Å²) in [4.78, 5) is 39.9. The summed E-state index contributed by atoms with van der Waals surface area (Å²) in [7, 11) is 0. The minimum Gasteiger partial charge on any atom is -0.478 e. The van der Waals surface area contributed by atoms with Gasteiger partial charge in [0.15, 0.2) is 10.1 Å². The fourth-order valence-corrected chi connectivity index (χ4v) is 3.00. The molecule has 1 N–H and O–H groups in total. The molecule has 0 unspecified atom stereocenters. The van der Waals surface area contributed by atoms with E-state index in [2.05, 4.69) is 9.97 Å². The number of hydrogen-bond donors (Lipinski definition) is 1. The van der Waals surface area contributed by atoms with Gasteiger partial charge >= 0.3 is 5.97 Å². The fraction of sp³-hybridized carbons (Fsp3) is 0.214. The van der Waals surface area contributed by atoms with Gasteiger partial charge in [-0.25, -0.2) is 14.8 Å². The predicted octanol–water partition coefficient (Wildman–Crippen LogP) is 3.07. The monoisotopic (exact) mass is 364 g/mol. The van der Waals surface area contributed by atoms with E-state index >= 15 is 0 Å². The maximum Gasteiger partial charge on any atom is 0.336 e. The smallest absolute Gasteiger partial charge is 0.336 e. The molecule has 1 heterocycles. The molecule has 130 valence electrons. The van der Waals surface area contributed by atoms with Crippen LogP contribution in [0.3, 0.4) is 0 Å². The zero-order valence-electron chi connectivity index (χ0n) is 13.3. The van der Waals surface area contributed by atoms with Crippen LogP contribution in [0.1, 0.15) is 27.3 Å². The molecule has 1 aromatic heterocycles. The molecule has 11 heteroatoms. The number of nitro benzene ring substituents is 2. The summed E-state index contributed by atoms with van der Waals surface area (Å²) in [5.41, 5.74) is 0.214. The topological polar surface area (TPSA) is 149 Å². The Balaban J connectivity index is 2.69. The van der Waals surface area contributed by atoms with E-state index in [9.17, 15) is 25.0 Å². The Bertz CT molecular complexity index is 856. The third-order valence-electron chi connectivity index (χ3n) is 3.50. The number of nitrogens with zero attached hydrogens (tertiary/aromatic N) is 4. The van der Waals surface area contributed by atoms with Gasteiger partial charge in [0, 0.05) is 23.5 Å². The largest absolute Gasteiger partial charge is 0.478 e. The van der Waals surface area contributed by atoms with Crippen LogP contribution in [0, 0.1) is 41.0 Å². The van der Waals surface area contributed by atoms with E-state index in [1.807, 2.05) is 6.92 Å². The van der Waals surface area contributed by atoms with Crippen LogP contribution >= 0.6 is 11.8 Å². The van der Waals surface area contributed by atoms with Crippen LogP contribution in [0.15, 0.2) is 22.2 Å². The molecule has 2 rings (SSSR count). The summed E-state index contributed by atoms with van der Waals surface area (Å²) < 4.78 is 0. The predicted molar refractivity (Wildman–Crippen MR) is 87.1 cm³/mol. The summed E-state index contributed by atoms with van der Waals surface area (Å²) in [5.74, 6) is -1.50. The van der Waals surface area contributed by atoms with Crippen LogP contribution in [0.2, 0.25) is 0 Å². The quantitative estimate of drug-likeness (QED) is 0.479. The third-order valence-corrected chi connectivity index (χ3v) is 4.48. The van der Waals surface area contributed by atoms with Crippen molar-refractivity contribution in [3.63, 3.8) is 0 Å². The lowest BCUT2D eigenvalue weighted by molar-refractivity contribution is -0.399. The third kappa shape index (κ3) is 3.71. The van der Waals surface area contributed by atoms with Gasteiger partial charge in [-0.3, -0.25) is 20.2 Å². The van der Waals surface area contributed by atoms with Gasteiger partial charge in [0.2, 0.25) is 0 Å². The minimum absolute atomic E-state index is 0.106. The van der Waals surface area contributed by atoms with E-state index in [1.165, 1.54) is 0 Å². The van der Waals surface area contributed by atoms with Crippen molar-refractivity contribution < 1.29 is 19.7 Å². The van der Waals surface area contributed by atoms with Gasteiger partial charge in [0.05, 0.1) is 15.4 Å². The lowest BCUT2D eigenvalue weighted by atomic mass is 10.2. The number of carboxylic acids is 1. The average molecular weight is 364 g/mol. The summed E-state index contributed by atoms with van der Waals surface area (Å²) in [6.07, 6.45) is 0. The highest BCUT2D eigenvalue weighted by Crippen LogP contribution is 2.41. The molecule has 0 aliphatic rings. The summed E-state index contributed by atoms with van der Waals surface area (Å²) >= 11 is 0.656. The molecule has 0 aliphatic carbocycles. The van der Waals surface area contributed by atoms with E-state index in [4.69, 9.17) is 5.11 Å². The molecule has 0 amide bonds. The molecule has 10 nitrogen and oxygen atoms in total. The molecule has 0 atom stereocenters. The zero-order valence-corrected chi connectivity index (χ0v) is 14.2. The van der Waals surface area contributed by atoms with E-state index in [-0.39, 0.29) is 10.1 Å². The highest BCUT2D eigenvalue weighted by molar-refractivity contribution is 7.99. The van der Waals surface area contributed by atoms with Crippen LogP contribution in [-0.4, -0.2) is 30.9 Å². The average Bonchev–Trinajstić information content (AvgIpc) is 2.51. The van der Waals surface area contributed by atoms with E-state index < -0.39 is 32.8 Å². The van der Waals surface area contributed by atoms with Crippen LogP contribution < -0.4 is 0 Å². The number of carboxylic acid groups (broad SMARTS) is 1. The second kappa shape index (κ2) is 6.81. The fourth-order valence-electron chi connectivity index (χ4n) is 1.98. The van der Waals surface area contributed by atoms with Gasteiger partial charge in [0.25, 0.3) is 11.4 Å². The number of hydrogen-bond acceptors (Lipinski definition) is 8. The minimum atomic E-state index is -1.50. The Hall–Kier alpha value is -3.08. The Labute approximate surface area is 145 Å². The zero-order chi connectivity index (χ0) is 18.9. The van der Waals surface area contributed by atoms with Crippen molar-refractivity contribution in [1.29, 1.82) is 0 Å². The molecule has 0 spiro atoms. The van der Waals surface area contributed by atoms with Gasteiger partial charge in [-0.15, -0.1) is 0 Å². The number of benzene rings is 1. The van der Waals surface area contributed by atoms with Crippen LogP contribution in [0.5, 0.6) is 0 Å². The van der Waals surface area contributed by atoms with Crippen molar-refractivity contribution in [3.8, 4) is 0 Å². The van der Waals surface area contributed by atoms with Gasteiger partial charge < -0.3 is 5.11 Å². The van der Waals surface area contributed by atoms with Crippen molar-refractivity contribution in [2.75, 3.05) is 0 Å². The van der Waals surface area contributed by atoms with Crippen LogP contribution in [0.25, 0.3) is 0 Å². The first-order chi connectivity index (χ1) is 11.6. The van der Waals surface area contributed by atoms with Crippen LogP contribution in [-0.2, 0) is 0 Å². The lowest BCUT2D eigenvalue weighted by Crippen LogP contribution is -2.04. The molecule has 0 saturated heterocycles. The molecular weight excluding hydrogens is 352 g/mol. The van der Waals surface area contributed by atoms with E-state index in [1.54, 1.807) is 13.8 Å². The number of carbonyl (C=O) groups is 1. The molecule has 0 aliphatic heterocycles. The first-order valence-electron chi connectivity index (χ1n) is 6.81. The van der Waals surface area contributed by atoms with Crippen molar-refractivity contribution in [1.82, 2.24) is 9.97 Å². The molecule has 0 saturated carbocycles. The number of aromatic nitrogens is 2. The summed E-state index contributed by atoms with van der Waals surface area (Å²) in [6, 6.07) is 1.57. The van der Waals surface area contributed by atoms with Crippen molar-refractivity contribution in [3.05, 3.63) is 54.9 Å². The van der Waals surface area contributed by atoms with Crippen molar-refractivity contribution in [2.24, 2.45) is 0 Å². The standard InChI is InChI=1S/C14H12N4O6S/c1-6-7(2)15-14(16-8(6)3)25-12-10(17(21)22)4-9(13(19)20)5-11(12)18(23)24/h4-5H,1-3H3,(H,19,20). The second-order valence-corrected chi connectivity index (χ2v) is 6.04. The summed E-state index contributed by atoms with van der Waals surface area (Å²) in [5, 5.41) is 31.7. The van der Waals surface area contributed by atoms with Gasteiger partial charge in [-0.2, -0.15) is 0 Å². The number of aryl methyl sites for hydroxylation is 2. The first kappa shape index (κ1) is 18.3. The highest BCUT2D eigenvalue weighted by Gasteiger charge is 2.30. The Morgan fingerprint density at radius 2 is 1.48 bits per heavy atom. The molecular formula is C14H12N4O6S. The molecule has 1 aromatic carbocycles. The van der Waals surface area contributed by atoms with Crippen LogP contribution in [0.4, 0.5) is 11.4 Å². The SMILES string of the molecule is Cc1nc(Sc2c([N+](=O)[O-])cc(C(=O)O)cc2[N+](=O)[O-])nc(C)c1C. The Kier molecular flexibility index (Phi) is 4.97. The highest BCUT2D eigenvalue weighted by atomic mass is 32.2. The second-order valence-electron chi connectivity index (χ2n) is 5.07. The Morgan fingerprint density at radius 3 is 1.84 bits per heavy atom. The van der Waals surface area contributed by atoms with Gasteiger partial charge in [-0.1, -0.05) is 0 Å². The molecule has 25 heavy (non-hydrogen) atoms. The summed E-state index contributed by atoms with van der Waals surface area (Å²) in [6.45, 7) is 5.26. The van der Waals surface area contributed by atoms with Crippen molar-refractivity contribution >= 4 is 29.1 Å². The lowest BCUT2D eigenvalue weighted by Gasteiger charge is -2.08. The maximum absolute atomic E-state index is 11.3. The maximum atomic E-state index is 11.3. The molecule has 0 radical (unpaired) electrons. The Morgan fingerprint density at radius 1 is 1.04 bits per heavy atom. The van der Waals surface area contributed by atoms with Crippen molar-refractivity contribution in [2.45, 2.75) is 30.8 Å². The van der Waals surface area contributed by atoms with Gasteiger partial charge in [0.1, 0.15) is 0 Å². The van der Waals surface area contributed by atoms with Gasteiger partial charge in [-0.05, 0) is 38.1 Å². The first-order valence-corrected chi connectivity index (χ1v) is 7.63. The molecule has 0 bridgehead atoms. The normalized spacial score (nSPS) is 10.5. The number of nitro groups is 2. The van der Waals surface area contributed by atoms with E-state index in [0.717, 1.165) is 17.7 Å². The molecule has 2 aromatic rings. The van der Waals surface area contributed by atoms with E-state index in [0.29, 0.717) is 23.1 Å². The molecule has 0 fully saturated rings. The number of rotatable bonds is 5.